The minimum atomic E-state index is -0.288. The summed E-state index contributed by atoms with van der Waals surface area (Å²) in [6.45, 7) is 4.39. The van der Waals surface area contributed by atoms with Gasteiger partial charge in [0.05, 0.1) is 12.2 Å². The Morgan fingerprint density at radius 3 is 2.65 bits per heavy atom. The van der Waals surface area contributed by atoms with E-state index in [1.807, 2.05) is 19.9 Å². The van der Waals surface area contributed by atoms with Crippen LogP contribution in [0.2, 0.25) is 0 Å². The summed E-state index contributed by atoms with van der Waals surface area (Å²) in [5.41, 5.74) is 2.47. The number of carbonyl (C=O) groups excluding carboxylic acids is 1. The zero-order valence-electron chi connectivity index (χ0n) is 11.7. The molecule has 0 bridgehead atoms. The summed E-state index contributed by atoms with van der Waals surface area (Å²) in [5, 5.41) is 0. The quantitative estimate of drug-likeness (QED) is 0.754. The minimum absolute atomic E-state index is 0.288. The number of aryl methyl sites for hydroxylation is 1. The summed E-state index contributed by atoms with van der Waals surface area (Å²) in [6.07, 6.45) is 1.60. The molecule has 2 aromatic carbocycles. The van der Waals surface area contributed by atoms with E-state index in [2.05, 4.69) is 0 Å². The second kappa shape index (κ2) is 6.33. The van der Waals surface area contributed by atoms with Crippen LogP contribution < -0.4 is 4.74 Å². The van der Waals surface area contributed by atoms with Crippen molar-refractivity contribution in [3.63, 3.8) is 0 Å². The van der Waals surface area contributed by atoms with E-state index in [-0.39, 0.29) is 5.82 Å². The summed E-state index contributed by atoms with van der Waals surface area (Å²) < 4.78 is 19.4. The Labute approximate surface area is 118 Å². The normalized spacial score (nSPS) is 10.3. The smallest absolute Gasteiger partial charge is 0.153 e. The lowest BCUT2D eigenvalue weighted by Crippen LogP contribution is -1.99. The lowest BCUT2D eigenvalue weighted by molar-refractivity contribution is 0.111. The average molecular weight is 272 g/mol. The van der Waals surface area contributed by atoms with Crippen LogP contribution in [0.25, 0.3) is 11.1 Å². The van der Waals surface area contributed by atoms with Crippen molar-refractivity contribution in [3.8, 4) is 16.9 Å². The molecule has 0 amide bonds. The molecule has 0 saturated heterocycles. The van der Waals surface area contributed by atoms with E-state index in [4.69, 9.17) is 4.74 Å². The van der Waals surface area contributed by atoms with Gasteiger partial charge < -0.3 is 4.74 Å². The van der Waals surface area contributed by atoms with Crippen molar-refractivity contribution < 1.29 is 13.9 Å². The number of rotatable bonds is 5. The molecule has 2 aromatic rings. The monoisotopic (exact) mass is 272 g/mol. The van der Waals surface area contributed by atoms with Crippen molar-refractivity contribution in [2.45, 2.75) is 20.3 Å². The molecule has 0 unspecified atom stereocenters. The van der Waals surface area contributed by atoms with Crippen molar-refractivity contribution >= 4 is 6.29 Å². The molecular weight excluding hydrogens is 255 g/mol. The van der Waals surface area contributed by atoms with Crippen molar-refractivity contribution in [2.24, 2.45) is 0 Å². The zero-order chi connectivity index (χ0) is 14.5. The number of hydrogen-bond donors (Lipinski definition) is 0. The number of halogens is 1. The number of ether oxygens (including phenoxy) is 1. The first-order chi connectivity index (χ1) is 9.65. The summed E-state index contributed by atoms with van der Waals surface area (Å²) in [5.74, 6) is 0.252. The summed E-state index contributed by atoms with van der Waals surface area (Å²) in [4.78, 5) is 11.1. The van der Waals surface area contributed by atoms with Crippen molar-refractivity contribution in [2.75, 3.05) is 6.61 Å². The molecule has 2 rings (SSSR count). The van der Waals surface area contributed by atoms with E-state index in [0.717, 1.165) is 18.3 Å². The largest absolute Gasteiger partial charge is 0.493 e. The highest BCUT2D eigenvalue weighted by Crippen LogP contribution is 2.28. The van der Waals surface area contributed by atoms with Crippen molar-refractivity contribution in [1.82, 2.24) is 0 Å². The van der Waals surface area contributed by atoms with Crippen LogP contribution in [0.3, 0.4) is 0 Å². The maximum Gasteiger partial charge on any atom is 0.153 e. The Morgan fingerprint density at radius 2 is 2.00 bits per heavy atom. The van der Waals surface area contributed by atoms with Crippen LogP contribution in [-0.4, -0.2) is 12.9 Å². The molecule has 0 fully saturated rings. The van der Waals surface area contributed by atoms with Crippen molar-refractivity contribution in [1.29, 1.82) is 0 Å². The van der Waals surface area contributed by atoms with E-state index in [1.54, 1.807) is 24.3 Å². The number of aldehydes is 1. The molecule has 0 atom stereocenters. The summed E-state index contributed by atoms with van der Waals surface area (Å²) in [7, 11) is 0. The first-order valence-electron chi connectivity index (χ1n) is 6.64. The lowest BCUT2D eigenvalue weighted by Gasteiger charge is -2.10. The lowest BCUT2D eigenvalue weighted by atomic mass is 10.0. The van der Waals surface area contributed by atoms with Crippen LogP contribution in [0, 0.1) is 12.7 Å². The van der Waals surface area contributed by atoms with E-state index in [0.29, 0.717) is 29.0 Å². The first-order valence-corrected chi connectivity index (χ1v) is 6.64. The maximum absolute atomic E-state index is 14.0. The van der Waals surface area contributed by atoms with Crippen LogP contribution in [0.4, 0.5) is 4.39 Å². The van der Waals surface area contributed by atoms with Crippen LogP contribution in [-0.2, 0) is 0 Å². The zero-order valence-corrected chi connectivity index (χ0v) is 11.7. The molecule has 20 heavy (non-hydrogen) atoms. The van der Waals surface area contributed by atoms with Gasteiger partial charge in [-0.25, -0.2) is 4.39 Å². The highest BCUT2D eigenvalue weighted by atomic mass is 19.1. The Hall–Kier alpha value is -2.16. The van der Waals surface area contributed by atoms with Gasteiger partial charge in [0.1, 0.15) is 11.6 Å². The van der Waals surface area contributed by atoms with E-state index in [1.165, 1.54) is 6.07 Å². The fraction of sp³-hybridized carbons (Fsp3) is 0.235. The van der Waals surface area contributed by atoms with Gasteiger partial charge >= 0.3 is 0 Å². The van der Waals surface area contributed by atoms with E-state index in [9.17, 15) is 9.18 Å². The second-order valence-electron chi connectivity index (χ2n) is 4.70. The second-order valence-corrected chi connectivity index (χ2v) is 4.70. The summed E-state index contributed by atoms with van der Waals surface area (Å²) >= 11 is 0. The highest BCUT2D eigenvalue weighted by molar-refractivity contribution is 5.83. The molecule has 0 aromatic heterocycles. The standard InChI is InChI=1S/C17H17FO2/c1-3-8-20-17-7-5-13(10-14(17)11-19)15-6-4-12(2)9-16(15)18/h4-7,9-11H,3,8H2,1-2H3. The molecule has 0 N–H and O–H groups in total. The maximum atomic E-state index is 14.0. The van der Waals surface area contributed by atoms with E-state index >= 15 is 0 Å². The van der Waals surface area contributed by atoms with Crippen LogP contribution >= 0.6 is 0 Å². The number of benzene rings is 2. The predicted molar refractivity (Wildman–Crippen MR) is 77.7 cm³/mol. The molecule has 0 aliphatic heterocycles. The van der Waals surface area contributed by atoms with Gasteiger partial charge in [0.25, 0.3) is 0 Å². The number of carbonyl (C=O) groups is 1. The Kier molecular flexibility index (Phi) is 4.51. The summed E-state index contributed by atoms with van der Waals surface area (Å²) in [6, 6.07) is 10.2. The Morgan fingerprint density at radius 1 is 1.20 bits per heavy atom. The van der Waals surface area contributed by atoms with Crippen molar-refractivity contribution in [3.05, 3.63) is 53.3 Å². The molecule has 0 saturated carbocycles. The minimum Gasteiger partial charge on any atom is -0.493 e. The van der Waals surface area contributed by atoms with Crippen LogP contribution in [0.1, 0.15) is 29.3 Å². The first kappa shape index (κ1) is 14.3. The van der Waals surface area contributed by atoms with Crippen LogP contribution in [0.15, 0.2) is 36.4 Å². The molecule has 0 aliphatic carbocycles. The predicted octanol–water partition coefficient (Wildman–Crippen LogP) is 4.40. The molecule has 104 valence electrons. The third-order valence-corrected chi connectivity index (χ3v) is 3.03. The van der Waals surface area contributed by atoms with Gasteiger partial charge in [-0.3, -0.25) is 4.79 Å². The molecule has 0 spiro atoms. The van der Waals surface area contributed by atoms with Gasteiger partial charge in [0, 0.05) is 5.56 Å². The third-order valence-electron chi connectivity index (χ3n) is 3.03. The van der Waals surface area contributed by atoms with Gasteiger partial charge in [0.2, 0.25) is 0 Å². The van der Waals surface area contributed by atoms with Gasteiger partial charge in [0.15, 0.2) is 6.29 Å². The average Bonchev–Trinajstić information content (AvgIpc) is 2.45. The topological polar surface area (TPSA) is 26.3 Å². The molecule has 0 radical (unpaired) electrons. The third kappa shape index (κ3) is 3.05. The molecule has 0 aliphatic rings. The highest BCUT2D eigenvalue weighted by Gasteiger charge is 2.09. The SMILES string of the molecule is CCCOc1ccc(-c2ccc(C)cc2F)cc1C=O. The van der Waals surface area contributed by atoms with Gasteiger partial charge in [-0.1, -0.05) is 25.1 Å². The van der Waals surface area contributed by atoms with Crippen LogP contribution in [0.5, 0.6) is 5.75 Å². The molecular formula is C17H17FO2. The molecule has 3 heteroatoms. The number of hydrogen-bond acceptors (Lipinski definition) is 2. The molecule has 2 nitrogen and oxygen atoms in total. The fourth-order valence-corrected chi connectivity index (χ4v) is 2.01. The van der Waals surface area contributed by atoms with Gasteiger partial charge in [-0.15, -0.1) is 0 Å². The van der Waals surface area contributed by atoms with Gasteiger partial charge in [-0.2, -0.15) is 0 Å². The Bertz CT molecular complexity index is 620. The van der Waals surface area contributed by atoms with Gasteiger partial charge in [-0.05, 0) is 42.7 Å². The molecule has 0 heterocycles. The van der Waals surface area contributed by atoms with E-state index < -0.39 is 0 Å². The Balaban J connectivity index is 2.40. The fourth-order valence-electron chi connectivity index (χ4n) is 2.01.